The van der Waals surface area contributed by atoms with Crippen LogP contribution in [0.2, 0.25) is 0 Å². The molecule has 0 aromatic heterocycles. The predicted octanol–water partition coefficient (Wildman–Crippen LogP) is 3.33. The topological polar surface area (TPSA) is 105 Å². The molecule has 0 radical (unpaired) electrons. The van der Waals surface area contributed by atoms with E-state index in [0.29, 0.717) is 19.3 Å². The number of benzene rings is 1. The molecule has 1 aromatic rings. The van der Waals surface area contributed by atoms with Crippen LogP contribution in [-0.2, 0) is 25.5 Å². The summed E-state index contributed by atoms with van der Waals surface area (Å²) in [7, 11) is 0. The molecule has 34 heavy (non-hydrogen) atoms. The third-order valence-corrected chi connectivity index (χ3v) is 5.49. The fourth-order valence-corrected chi connectivity index (χ4v) is 3.32. The molecule has 1 aromatic carbocycles. The molecular weight excluding hydrogens is 432 g/mol. The monoisotopic (exact) mass is 472 g/mol. The number of amides is 2. The molecule has 0 bridgehead atoms. The first-order valence-electron chi connectivity index (χ1n) is 11.7. The molecule has 0 spiro atoms. The van der Waals surface area contributed by atoms with Crippen LogP contribution >= 0.6 is 0 Å². The minimum absolute atomic E-state index is 0.0425. The van der Waals surface area contributed by atoms with Crippen LogP contribution in [0.5, 0.6) is 0 Å². The molecule has 0 saturated carbocycles. The first-order valence-corrected chi connectivity index (χ1v) is 11.7. The zero-order valence-electron chi connectivity index (χ0n) is 20.7. The number of carbonyl (C=O) groups is 3. The molecule has 7 heteroatoms. The smallest absolute Gasteiger partial charge is 0.306 e. The van der Waals surface area contributed by atoms with Gasteiger partial charge in [0, 0.05) is 12.8 Å². The number of hydrogen-bond acceptors (Lipinski definition) is 5. The summed E-state index contributed by atoms with van der Waals surface area (Å²) in [6.07, 6.45) is 4.79. The first-order chi connectivity index (χ1) is 16.1. The number of ether oxygens (including phenoxy) is 1. The highest BCUT2D eigenvalue weighted by Gasteiger charge is 2.31. The van der Waals surface area contributed by atoms with Crippen LogP contribution in [0.25, 0.3) is 0 Å². The zero-order chi connectivity index (χ0) is 25.6. The lowest BCUT2D eigenvalue weighted by Gasteiger charge is -2.32. The Morgan fingerprint density at radius 1 is 1.09 bits per heavy atom. The summed E-state index contributed by atoms with van der Waals surface area (Å²) in [5.74, 6) is -1.60. The number of hydrogen-bond donors (Lipinski definition) is 3. The van der Waals surface area contributed by atoms with E-state index in [1.54, 1.807) is 12.2 Å². The van der Waals surface area contributed by atoms with Crippen LogP contribution in [0.4, 0.5) is 0 Å². The summed E-state index contributed by atoms with van der Waals surface area (Å²) in [6, 6.07) is 8.70. The average molecular weight is 473 g/mol. The average Bonchev–Trinajstić information content (AvgIpc) is 2.79. The molecule has 0 heterocycles. The van der Waals surface area contributed by atoms with Gasteiger partial charge in [0.05, 0.1) is 24.6 Å². The van der Waals surface area contributed by atoms with Gasteiger partial charge in [0.15, 0.2) is 0 Å². The second-order valence-electron chi connectivity index (χ2n) is 9.50. The molecule has 3 N–H and O–H groups in total. The maximum Gasteiger partial charge on any atom is 0.306 e. The molecule has 0 aliphatic rings. The normalized spacial score (nSPS) is 13.8. The summed E-state index contributed by atoms with van der Waals surface area (Å²) in [4.78, 5) is 37.6. The van der Waals surface area contributed by atoms with Gasteiger partial charge in [-0.05, 0) is 30.2 Å². The summed E-state index contributed by atoms with van der Waals surface area (Å²) in [5.41, 5.74) is 0.630. The third-order valence-electron chi connectivity index (χ3n) is 5.49. The van der Waals surface area contributed by atoms with Crippen molar-refractivity contribution in [3.63, 3.8) is 0 Å². The summed E-state index contributed by atoms with van der Waals surface area (Å²) >= 11 is 0. The SMILES string of the molecule is C=CCCC(=O)OCC(NC(=O)C(CC=C)CC(=O)NC(CO)Cc1ccccc1)C(C)(C)C. The van der Waals surface area contributed by atoms with E-state index in [0.717, 1.165) is 5.56 Å². The fourth-order valence-electron chi connectivity index (χ4n) is 3.32. The van der Waals surface area contributed by atoms with E-state index >= 15 is 0 Å². The van der Waals surface area contributed by atoms with Crippen LogP contribution < -0.4 is 10.6 Å². The molecule has 1 rings (SSSR count). The van der Waals surface area contributed by atoms with Gasteiger partial charge in [0.25, 0.3) is 0 Å². The molecule has 3 atom stereocenters. The molecular formula is C27H40N2O5. The number of aliphatic hydroxyl groups is 1. The van der Waals surface area contributed by atoms with Crippen molar-refractivity contribution in [3.05, 3.63) is 61.2 Å². The van der Waals surface area contributed by atoms with Crippen molar-refractivity contribution in [2.75, 3.05) is 13.2 Å². The summed E-state index contributed by atoms with van der Waals surface area (Å²) < 4.78 is 5.35. The van der Waals surface area contributed by atoms with E-state index in [-0.39, 0.29) is 49.3 Å². The Morgan fingerprint density at radius 3 is 2.32 bits per heavy atom. The van der Waals surface area contributed by atoms with Crippen molar-refractivity contribution in [1.82, 2.24) is 10.6 Å². The van der Waals surface area contributed by atoms with Gasteiger partial charge in [0.1, 0.15) is 6.61 Å². The van der Waals surface area contributed by atoms with E-state index in [1.165, 1.54) is 0 Å². The molecule has 3 unspecified atom stereocenters. The largest absolute Gasteiger partial charge is 0.463 e. The molecule has 7 nitrogen and oxygen atoms in total. The van der Waals surface area contributed by atoms with Gasteiger partial charge in [-0.1, -0.05) is 63.3 Å². The summed E-state index contributed by atoms with van der Waals surface area (Å²) in [6.45, 7) is 13.0. The van der Waals surface area contributed by atoms with Crippen molar-refractivity contribution < 1.29 is 24.2 Å². The Balaban J connectivity index is 2.74. The molecule has 0 saturated heterocycles. The van der Waals surface area contributed by atoms with Crippen molar-refractivity contribution >= 4 is 17.8 Å². The molecule has 0 aliphatic heterocycles. The minimum atomic E-state index is -0.630. The van der Waals surface area contributed by atoms with Gasteiger partial charge >= 0.3 is 5.97 Å². The van der Waals surface area contributed by atoms with Crippen molar-refractivity contribution in [2.45, 2.75) is 65.0 Å². The predicted molar refractivity (Wildman–Crippen MR) is 134 cm³/mol. The Hall–Kier alpha value is -2.93. The van der Waals surface area contributed by atoms with Crippen LogP contribution in [-0.4, -0.2) is 48.2 Å². The zero-order valence-corrected chi connectivity index (χ0v) is 20.7. The lowest BCUT2D eigenvalue weighted by Crippen LogP contribution is -2.50. The van der Waals surface area contributed by atoms with E-state index in [4.69, 9.17) is 4.74 Å². The standard InChI is InChI=1S/C27H40N2O5/c1-6-8-15-25(32)34-19-23(27(3,4)5)29-26(33)21(12-7-2)17-24(31)28-22(18-30)16-20-13-10-9-11-14-20/h6-7,9-11,13-14,21-23,30H,1-2,8,12,15-19H2,3-5H3,(H,28,31)(H,29,33). The molecule has 0 aliphatic carbocycles. The van der Waals surface area contributed by atoms with Crippen LogP contribution in [0.3, 0.4) is 0 Å². The van der Waals surface area contributed by atoms with Gasteiger partial charge < -0.3 is 20.5 Å². The number of aliphatic hydroxyl groups excluding tert-OH is 1. The van der Waals surface area contributed by atoms with E-state index < -0.39 is 18.0 Å². The van der Waals surface area contributed by atoms with Crippen molar-refractivity contribution in [2.24, 2.45) is 11.3 Å². The molecule has 0 fully saturated rings. The Bertz CT molecular complexity index is 801. The quantitative estimate of drug-likeness (QED) is 0.268. The highest BCUT2D eigenvalue weighted by Crippen LogP contribution is 2.21. The maximum atomic E-state index is 13.0. The van der Waals surface area contributed by atoms with Crippen LogP contribution in [0.1, 0.15) is 52.0 Å². The lowest BCUT2D eigenvalue weighted by atomic mass is 9.86. The van der Waals surface area contributed by atoms with E-state index in [9.17, 15) is 19.5 Å². The lowest BCUT2D eigenvalue weighted by molar-refractivity contribution is -0.146. The maximum absolute atomic E-state index is 13.0. The van der Waals surface area contributed by atoms with Gasteiger partial charge in [-0.2, -0.15) is 0 Å². The van der Waals surface area contributed by atoms with Gasteiger partial charge in [-0.15, -0.1) is 13.2 Å². The van der Waals surface area contributed by atoms with Crippen LogP contribution in [0.15, 0.2) is 55.6 Å². The van der Waals surface area contributed by atoms with Gasteiger partial charge in [-0.25, -0.2) is 0 Å². The second kappa shape index (κ2) is 15.1. The number of esters is 1. The highest BCUT2D eigenvalue weighted by atomic mass is 16.5. The Morgan fingerprint density at radius 2 is 1.76 bits per heavy atom. The van der Waals surface area contributed by atoms with Crippen molar-refractivity contribution in [3.8, 4) is 0 Å². The highest BCUT2D eigenvalue weighted by molar-refractivity contribution is 5.86. The van der Waals surface area contributed by atoms with Gasteiger partial charge in [-0.3, -0.25) is 14.4 Å². The first kappa shape index (κ1) is 29.1. The van der Waals surface area contributed by atoms with Crippen molar-refractivity contribution in [1.29, 1.82) is 0 Å². The van der Waals surface area contributed by atoms with E-state index in [1.807, 2.05) is 51.1 Å². The fraction of sp³-hybridized carbons (Fsp3) is 0.519. The summed E-state index contributed by atoms with van der Waals surface area (Å²) in [5, 5.41) is 15.5. The second-order valence-corrected chi connectivity index (χ2v) is 9.50. The van der Waals surface area contributed by atoms with Crippen LogP contribution in [0, 0.1) is 11.3 Å². The minimum Gasteiger partial charge on any atom is -0.463 e. The van der Waals surface area contributed by atoms with Gasteiger partial charge in [0.2, 0.25) is 11.8 Å². The Kier molecular flexibility index (Phi) is 12.9. The number of rotatable bonds is 15. The third kappa shape index (κ3) is 11.3. The number of nitrogens with one attached hydrogen (secondary N) is 2. The number of carbonyl (C=O) groups excluding carboxylic acids is 3. The molecule has 2 amide bonds. The Labute approximate surface area is 203 Å². The number of allylic oxidation sites excluding steroid dienone is 2. The van der Waals surface area contributed by atoms with E-state index in [2.05, 4.69) is 23.8 Å². The molecule has 188 valence electrons.